The monoisotopic (exact) mass is 367 g/mol. The number of hydrogen-bond donors (Lipinski definition) is 1. The van der Waals surface area contributed by atoms with Crippen LogP contribution in [0.2, 0.25) is 5.02 Å². The molecule has 0 aromatic heterocycles. The quantitative estimate of drug-likeness (QED) is 0.359. The van der Waals surface area contributed by atoms with Crippen LogP contribution < -0.4 is 5.73 Å². The van der Waals surface area contributed by atoms with Crippen LogP contribution in [0.5, 0.6) is 0 Å². The molecular formula is C10H7ClINO2S. The Morgan fingerprint density at radius 3 is 2.88 bits per heavy atom. The van der Waals surface area contributed by atoms with Gasteiger partial charge in [-0.05, 0) is 26.3 Å². The van der Waals surface area contributed by atoms with E-state index in [-0.39, 0.29) is 10.6 Å². The maximum absolute atomic E-state index is 11.4. The highest BCUT2D eigenvalue weighted by Gasteiger charge is 2.13. The van der Waals surface area contributed by atoms with Crippen molar-refractivity contribution in [3.05, 3.63) is 28.3 Å². The second kappa shape index (κ2) is 6.23. The molecule has 0 amide bonds. The van der Waals surface area contributed by atoms with Crippen molar-refractivity contribution in [2.75, 3.05) is 12.8 Å². The van der Waals surface area contributed by atoms with Crippen molar-refractivity contribution < 1.29 is 9.53 Å². The molecule has 0 atom stereocenters. The minimum absolute atomic E-state index is 0.261. The molecule has 6 heteroatoms. The van der Waals surface area contributed by atoms with Crippen molar-refractivity contribution >= 4 is 53.4 Å². The van der Waals surface area contributed by atoms with Crippen molar-refractivity contribution in [3.63, 3.8) is 0 Å². The van der Waals surface area contributed by atoms with Gasteiger partial charge in [-0.2, -0.15) is 0 Å². The molecule has 0 saturated heterocycles. The Bertz CT molecular complexity index is 482. The van der Waals surface area contributed by atoms with Gasteiger partial charge in [-0.25, -0.2) is 4.79 Å². The minimum atomic E-state index is -0.504. The number of hydrogen-bond acceptors (Lipinski definition) is 4. The number of methoxy groups -OCH3 is 1. The molecule has 0 fully saturated rings. The van der Waals surface area contributed by atoms with E-state index in [9.17, 15) is 4.79 Å². The van der Waals surface area contributed by atoms with Crippen molar-refractivity contribution in [1.29, 1.82) is 0 Å². The summed E-state index contributed by atoms with van der Waals surface area (Å²) >= 11 is 7.92. The van der Waals surface area contributed by atoms with Crippen molar-refractivity contribution in [1.82, 2.24) is 0 Å². The van der Waals surface area contributed by atoms with Gasteiger partial charge in [-0.3, -0.25) is 0 Å². The van der Waals surface area contributed by atoms with E-state index in [1.807, 2.05) is 21.2 Å². The zero-order chi connectivity index (χ0) is 12.1. The molecule has 3 nitrogen and oxygen atoms in total. The van der Waals surface area contributed by atoms with E-state index in [4.69, 9.17) is 17.3 Å². The van der Waals surface area contributed by atoms with Gasteiger partial charge in [0.15, 0.2) is 0 Å². The summed E-state index contributed by atoms with van der Waals surface area (Å²) in [5.74, 6) is 2.32. The number of nitrogen functional groups attached to an aromatic ring is 1. The summed E-state index contributed by atoms with van der Waals surface area (Å²) in [5, 5.41) is 3.05. The van der Waals surface area contributed by atoms with E-state index in [2.05, 4.69) is 15.9 Å². The van der Waals surface area contributed by atoms with Gasteiger partial charge in [0.25, 0.3) is 0 Å². The number of rotatable bonds is 1. The van der Waals surface area contributed by atoms with Crippen LogP contribution in [-0.2, 0) is 4.74 Å². The van der Waals surface area contributed by atoms with E-state index in [1.54, 1.807) is 0 Å². The van der Waals surface area contributed by atoms with Gasteiger partial charge in [0.1, 0.15) is 0 Å². The number of anilines is 1. The van der Waals surface area contributed by atoms with Crippen LogP contribution in [0, 0.1) is 11.2 Å². The molecule has 0 bridgehead atoms. The van der Waals surface area contributed by atoms with Gasteiger partial charge in [-0.15, -0.1) is 0 Å². The first-order valence-corrected chi connectivity index (χ1v) is 7.79. The lowest BCUT2D eigenvalue weighted by atomic mass is 10.1. The van der Waals surface area contributed by atoms with E-state index in [0.717, 1.165) is 0 Å². The predicted octanol–water partition coefficient (Wildman–Crippen LogP) is 3.10. The van der Waals surface area contributed by atoms with E-state index in [1.165, 1.54) is 28.2 Å². The minimum Gasteiger partial charge on any atom is -0.465 e. The number of nitrogens with two attached hydrogens (primary N) is 1. The number of ether oxygens (including phenoxy) is 1. The van der Waals surface area contributed by atoms with Gasteiger partial charge < -0.3 is 10.5 Å². The highest BCUT2D eigenvalue weighted by molar-refractivity contribution is 14.2. The first-order valence-electron chi connectivity index (χ1n) is 4.06. The zero-order valence-corrected chi connectivity index (χ0v) is 11.9. The van der Waals surface area contributed by atoms with Crippen molar-refractivity contribution in [2.24, 2.45) is 0 Å². The van der Waals surface area contributed by atoms with E-state index < -0.39 is 5.97 Å². The van der Waals surface area contributed by atoms with Gasteiger partial charge in [0, 0.05) is 32.5 Å². The molecule has 0 aliphatic heterocycles. The Morgan fingerprint density at radius 1 is 1.62 bits per heavy atom. The molecule has 2 N–H and O–H groups in total. The number of benzene rings is 1. The summed E-state index contributed by atoms with van der Waals surface area (Å²) in [7, 11) is 2.63. The molecule has 84 valence electrons. The molecule has 0 aliphatic carbocycles. The second-order valence-electron chi connectivity index (χ2n) is 2.72. The van der Waals surface area contributed by atoms with Crippen LogP contribution in [0.15, 0.2) is 12.1 Å². The summed E-state index contributed by atoms with van der Waals surface area (Å²) in [5.41, 5.74) is 6.99. The van der Waals surface area contributed by atoms with Crippen molar-refractivity contribution in [3.8, 4) is 11.2 Å². The third-order valence-electron chi connectivity index (χ3n) is 1.77. The molecule has 0 radical (unpaired) electrons. The Hall–Kier alpha value is -0.580. The summed E-state index contributed by atoms with van der Waals surface area (Å²) in [4.78, 5) is 11.4. The fourth-order valence-electron chi connectivity index (χ4n) is 1.04. The summed E-state index contributed by atoms with van der Waals surface area (Å²) in [6, 6.07) is 3.03. The third-order valence-corrected chi connectivity index (χ3v) is 2.92. The summed E-state index contributed by atoms with van der Waals surface area (Å²) in [6.07, 6.45) is 0. The van der Waals surface area contributed by atoms with Crippen LogP contribution >= 0.6 is 41.7 Å². The first kappa shape index (κ1) is 13.5. The highest BCUT2D eigenvalue weighted by Crippen LogP contribution is 2.24. The Morgan fingerprint density at radius 2 is 2.31 bits per heavy atom. The second-order valence-corrected chi connectivity index (χ2v) is 4.80. The third kappa shape index (κ3) is 3.20. The van der Waals surface area contributed by atoms with Crippen LogP contribution in [0.3, 0.4) is 0 Å². The number of carbonyl (C=O) groups excluding carboxylic acids is 1. The molecule has 0 saturated carbocycles. The summed E-state index contributed by atoms with van der Waals surface area (Å²) in [6.45, 7) is 0. The van der Waals surface area contributed by atoms with E-state index >= 15 is 0 Å². The molecule has 1 rings (SSSR count). The molecule has 0 unspecified atom stereocenters. The Balaban J connectivity index is 3.26. The average molecular weight is 368 g/mol. The standard InChI is InChI=1S/C10H7ClINO2S/c1-15-10(14)7-4-6(2-3-16-12)9(13)5-8(7)11/h4-5H,13H2,1H3. The lowest BCUT2D eigenvalue weighted by Crippen LogP contribution is -2.04. The van der Waals surface area contributed by atoms with Crippen LogP contribution in [0.1, 0.15) is 15.9 Å². The molecule has 1 aromatic carbocycles. The number of halogens is 2. The largest absolute Gasteiger partial charge is 0.465 e. The smallest absolute Gasteiger partial charge is 0.339 e. The Labute approximate surface area is 115 Å². The van der Waals surface area contributed by atoms with Gasteiger partial charge >= 0.3 is 5.97 Å². The molecule has 16 heavy (non-hydrogen) atoms. The molecule has 0 heterocycles. The van der Waals surface area contributed by atoms with Crippen LogP contribution in [0.4, 0.5) is 5.69 Å². The molecule has 1 aromatic rings. The maximum atomic E-state index is 11.4. The number of esters is 1. The SMILES string of the molecule is COC(=O)c1cc(C#CSI)c(N)cc1Cl. The molecule has 0 aliphatic rings. The van der Waals surface area contributed by atoms with Crippen molar-refractivity contribution in [2.45, 2.75) is 0 Å². The van der Waals surface area contributed by atoms with E-state index in [0.29, 0.717) is 11.3 Å². The topological polar surface area (TPSA) is 52.3 Å². The lowest BCUT2D eigenvalue weighted by Gasteiger charge is -2.05. The number of carbonyl (C=O) groups is 1. The fraction of sp³-hybridized carbons (Fsp3) is 0.100. The highest BCUT2D eigenvalue weighted by atomic mass is 127. The fourth-order valence-corrected chi connectivity index (χ4v) is 1.77. The Kier molecular flexibility index (Phi) is 5.25. The van der Waals surface area contributed by atoms with Crippen LogP contribution in [-0.4, -0.2) is 13.1 Å². The first-order chi connectivity index (χ1) is 7.60. The lowest BCUT2D eigenvalue weighted by molar-refractivity contribution is 0.0601. The zero-order valence-electron chi connectivity index (χ0n) is 8.21. The normalized spacial score (nSPS) is 9.19. The average Bonchev–Trinajstić information content (AvgIpc) is 2.27. The molecule has 0 spiro atoms. The molecular weight excluding hydrogens is 361 g/mol. The van der Waals surface area contributed by atoms with Gasteiger partial charge in [0.2, 0.25) is 0 Å². The van der Waals surface area contributed by atoms with Gasteiger partial charge in [0.05, 0.1) is 17.7 Å². The van der Waals surface area contributed by atoms with Gasteiger partial charge in [-0.1, -0.05) is 17.5 Å². The predicted molar refractivity (Wildman–Crippen MR) is 75.7 cm³/mol. The summed E-state index contributed by atoms with van der Waals surface area (Å²) < 4.78 is 4.60. The van der Waals surface area contributed by atoms with Crippen LogP contribution in [0.25, 0.3) is 0 Å². The maximum Gasteiger partial charge on any atom is 0.339 e.